The standard InChI is InChI=1S/C7H14O6S2/c1-2-3-4-14(8,9)13-7-5-12-15(10,11)6-7/h7H,2-6H2,1H3. The van der Waals surface area contributed by atoms with Crippen LogP contribution in [0.1, 0.15) is 19.8 Å². The molecular weight excluding hydrogens is 244 g/mol. The predicted octanol–water partition coefficient (Wildman–Crippen LogP) is -0.138. The number of hydrogen-bond acceptors (Lipinski definition) is 6. The molecule has 0 aromatic carbocycles. The van der Waals surface area contributed by atoms with Crippen LogP contribution < -0.4 is 0 Å². The number of rotatable bonds is 5. The summed E-state index contributed by atoms with van der Waals surface area (Å²) in [5, 5.41) is 0. The van der Waals surface area contributed by atoms with E-state index < -0.39 is 32.1 Å². The van der Waals surface area contributed by atoms with Gasteiger partial charge < -0.3 is 0 Å². The van der Waals surface area contributed by atoms with Gasteiger partial charge in [0, 0.05) is 0 Å². The lowest BCUT2D eigenvalue weighted by Crippen LogP contribution is -2.23. The molecular formula is C7H14O6S2. The van der Waals surface area contributed by atoms with Gasteiger partial charge in [0.15, 0.2) is 0 Å². The maximum Gasteiger partial charge on any atom is 0.270 e. The van der Waals surface area contributed by atoms with Crippen LogP contribution in [0.5, 0.6) is 0 Å². The maximum atomic E-state index is 11.3. The fraction of sp³-hybridized carbons (Fsp3) is 1.00. The highest BCUT2D eigenvalue weighted by Crippen LogP contribution is 2.14. The summed E-state index contributed by atoms with van der Waals surface area (Å²) in [6.07, 6.45) is 0.349. The van der Waals surface area contributed by atoms with Gasteiger partial charge in [-0.05, 0) is 6.42 Å². The van der Waals surface area contributed by atoms with Gasteiger partial charge in [0.2, 0.25) is 0 Å². The van der Waals surface area contributed by atoms with Crippen molar-refractivity contribution in [3.8, 4) is 0 Å². The van der Waals surface area contributed by atoms with Gasteiger partial charge in [-0.25, -0.2) is 0 Å². The van der Waals surface area contributed by atoms with Crippen molar-refractivity contribution in [3.05, 3.63) is 0 Å². The van der Waals surface area contributed by atoms with E-state index in [2.05, 4.69) is 4.18 Å². The fourth-order valence-electron chi connectivity index (χ4n) is 1.14. The van der Waals surface area contributed by atoms with Crippen LogP contribution in [-0.2, 0) is 28.6 Å². The zero-order chi connectivity index (χ0) is 11.5. The first-order valence-corrected chi connectivity index (χ1v) is 7.78. The minimum absolute atomic E-state index is 0.0833. The molecule has 0 aromatic rings. The zero-order valence-electron chi connectivity index (χ0n) is 8.38. The minimum atomic E-state index is -3.62. The summed E-state index contributed by atoms with van der Waals surface area (Å²) in [4.78, 5) is 0. The molecule has 1 unspecified atom stereocenters. The van der Waals surface area contributed by atoms with Crippen LogP contribution in [0.3, 0.4) is 0 Å². The van der Waals surface area contributed by atoms with Gasteiger partial charge in [-0.1, -0.05) is 13.3 Å². The van der Waals surface area contributed by atoms with E-state index in [1.165, 1.54) is 0 Å². The van der Waals surface area contributed by atoms with Crippen molar-refractivity contribution < 1.29 is 25.2 Å². The lowest BCUT2D eigenvalue weighted by atomic mass is 10.4. The zero-order valence-corrected chi connectivity index (χ0v) is 10.0. The third-order valence-corrected chi connectivity index (χ3v) is 4.48. The largest absolute Gasteiger partial charge is 0.270 e. The first-order chi connectivity index (χ1) is 6.85. The highest BCUT2D eigenvalue weighted by atomic mass is 32.2. The molecule has 0 bridgehead atoms. The summed E-state index contributed by atoms with van der Waals surface area (Å²) in [6.45, 7) is 1.65. The van der Waals surface area contributed by atoms with Gasteiger partial charge in [-0.2, -0.15) is 16.8 Å². The Hall–Kier alpha value is -0.180. The predicted molar refractivity (Wildman–Crippen MR) is 53.3 cm³/mol. The van der Waals surface area contributed by atoms with E-state index in [9.17, 15) is 16.8 Å². The van der Waals surface area contributed by atoms with E-state index >= 15 is 0 Å². The summed E-state index contributed by atoms with van der Waals surface area (Å²) in [7, 11) is -7.20. The Kier molecular flexibility index (Phi) is 4.10. The van der Waals surface area contributed by atoms with Crippen LogP contribution in [0.15, 0.2) is 0 Å². The van der Waals surface area contributed by atoms with Crippen molar-refractivity contribution in [3.63, 3.8) is 0 Å². The Morgan fingerprint density at radius 2 is 2.13 bits per heavy atom. The summed E-state index contributed by atoms with van der Waals surface area (Å²) in [5.41, 5.74) is 0. The normalized spacial score (nSPS) is 25.5. The molecule has 1 fully saturated rings. The topological polar surface area (TPSA) is 86.7 Å². The van der Waals surface area contributed by atoms with Crippen LogP contribution in [-0.4, -0.2) is 41.1 Å². The lowest BCUT2D eigenvalue weighted by molar-refractivity contribution is 0.185. The second kappa shape index (κ2) is 4.77. The van der Waals surface area contributed by atoms with Gasteiger partial charge in [0.05, 0.1) is 12.4 Å². The van der Waals surface area contributed by atoms with Gasteiger partial charge in [-0.3, -0.25) is 8.37 Å². The Labute approximate surface area is 89.8 Å². The van der Waals surface area contributed by atoms with Crippen molar-refractivity contribution in [1.82, 2.24) is 0 Å². The highest BCUT2D eigenvalue weighted by molar-refractivity contribution is 7.87. The van der Waals surface area contributed by atoms with E-state index in [4.69, 9.17) is 4.18 Å². The van der Waals surface area contributed by atoms with Crippen molar-refractivity contribution in [2.75, 3.05) is 18.1 Å². The molecule has 1 aliphatic heterocycles. The molecule has 0 aromatic heterocycles. The van der Waals surface area contributed by atoms with E-state index in [0.29, 0.717) is 6.42 Å². The average Bonchev–Trinajstić information content (AvgIpc) is 2.41. The van der Waals surface area contributed by atoms with E-state index in [1.54, 1.807) is 0 Å². The highest BCUT2D eigenvalue weighted by Gasteiger charge is 2.33. The van der Waals surface area contributed by atoms with Gasteiger partial charge in [0.1, 0.15) is 11.9 Å². The molecule has 8 heteroatoms. The first kappa shape index (κ1) is 12.9. The molecule has 0 saturated carbocycles. The molecule has 0 N–H and O–H groups in total. The third kappa shape index (κ3) is 4.45. The van der Waals surface area contributed by atoms with Gasteiger partial charge in [0.25, 0.3) is 20.2 Å². The van der Waals surface area contributed by atoms with Crippen molar-refractivity contribution in [1.29, 1.82) is 0 Å². The molecule has 1 heterocycles. The second-order valence-corrected chi connectivity index (χ2v) is 6.74. The maximum absolute atomic E-state index is 11.3. The molecule has 15 heavy (non-hydrogen) atoms. The Morgan fingerprint density at radius 3 is 2.60 bits per heavy atom. The summed E-state index contributed by atoms with van der Waals surface area (Å²) >= 11 is 0. The fourth-order valence-corrected chi connectivity index (χ4v) is 3.57. The third-order valence-electron chi connectivity index (χ3n) is 1.85. The quantitative estimate of drug-likeness (QED) is 0.638. The molecule has 1 atom stereocenters. The second-order valence-electron chi connectivity index (χ2n) is 3.34. The van der Waals surface area contributed by atoms with Crippen molar-refractivity contribution in [2.45, 2.75) is 25.9 Å². The number of hydrogen-bond donors (Lipinski definition) is 0. The molecule has 1 rings (SSSR count). The molecule has 1 saturated heterocycles. The van der Waals surface area contributed by atoms with Crippen molar-refractivity contribution >= 4 is 20.2 Å². The molecule has 0 aliphatic carbocycles. The summed E-state index contributed by atoms with van der Waals surface area (Å²) in [6, 6.07) is 0. The van der Waals surface area contributed by atoms with E-state index in [0.717, 1.165) is 6.42 Å². The van der Waals surface area contributed by atoms with Gasteiger partial charge >= 0.3 is 0 Å². The summed E-state index contributed by atoms with van der Waals surface area (Å²) in [5.74, 6) is -0.474. The first-order valence-electron chi connectivity index (χ1n) is 4.63. The van der Waals surface area contributed by atoms with Crippen LogP contribution in [0, 0.1) is 0 Å². The number of unbranched alkanes of at least 4 members (excludes halogenated alkanes) is 1. The molecule has 0 radical (unpaired) electrons. The van der Waals surface area contributed by atoms with E-state index in [1.807, 2.05) is 6.92 Å². The monoisotopic (exact) mass is 258 g/mol. The molecule has 0 amide bonds. The van der Waals surface area contributed by atoms with E-state index in [-0.39, 0.29) is 12.4 Å². The Balaban J connectivity index is 2.49. The Bertz CT molecular complexity index is 395. The van der Waals surface area contributed by atoms with Crippen molar-refractivity contribution in [2.24, 2.45) is 0 Å². The molecule has 90 valence electrons. The van der Waals surface area contributed by atoms with Gasteiger partial charge in [-0.15, -0.1) is 0 Å². The smallest absolute Gasteiger partial charge is 0.267 e. The van der Waals surface area contributed by atoms with Crippen LogP contribution in [0.25, 0.3) is 0 Å². The van der Waals surface area contributed by atoms with Crippen LogP contribution in [0.2, 0.25) is 0 Å². The average molecular weight is 258 g/mol. The lowest BCUT2D eigenvalue weighted by Gasteiger charge is -2.07. The molecule has 0 spiro atoms. The Morgan fingerprint density at radius 1 is 1.47 bits per heavy atom. The summed E-state index contributed by atoms with van der Waals surface area (Å²) < 4.78 is 53.3. The molecule has 1 aliphatic rings. The van der Waals surface area contributed by atoms with Crippen LogP contribution >= 0.6 is 0 Å². The molecule has 6 nitrogen and oxygen atoms in total. The SMILES string of the molecule is CCCCS(=O)(=O)OC1COS(=O)(=O)C1. The minimum Gasteiger partial charge on any atom is -0.267 e. The van der Waals surface area contributed by atoms with Crippen LogP contribution in [0.4, 0.5) is 0 Å².